The molecule has 0 spiro atoms. The first-order valence-electron chi connectivity index (χ1n) is 8.04. The van der Waals surface area contributed by atoms with Crippen molar-refractivity contribution in [1.29, 1.82) is 5.26 Å². The maximum atomic E-state index is 13.9. The van der Waals surface area contributed by atoms with E-state index in [2.05, 4.69) is 9.80 Å². The molecule has 0 radical (unpaired) electrons. The van der Waals surface area contributed by atoms with Crippen molar-refractivity contribution in [3.63, 3.8) is 0 Å². The minimum atomic E-state index is -0.444. The maximum absolute atomic E-state index is 13.9. The summed E-state index contributed by atoms with van der Waals surface area (Å²) in [6.07, 6.45) is 4.29. The van der Waals surface area contributed by atoms with Gasteiger partial charge in [0, 0.05) is 25.2 Å². The number of nitrogens with zero attached hydrogens (tertiary/aromatic N) is 3. The van der Waals surface area contributed by atoms with Gasteiger partial charge in [-0.05, 0) is 44.4 Å². The summed E-state index contributed by atoms with van der Waals surface area (Å²) in [5.41, 5.74) is 0.860. The van der Waals surface area contributed by atoms with Crippen LogP contribution in [0.25, 0.3) is 0 Å². The fourth-order valence-electron chi connectivity index (χ4n) is 3.82. The Labute approximate surface area is 130 Å². The Hall–Kier alpha value is -1.64. The highest BCUT2D eigenvalue weighted by molar-refractivity contribution is 5.61. The van der Waals surface area contributed by atoms with Crippen LogP contribution in [0.3, 0.4) is 0 Å². The van der Waals surface area contributed by atoms with Crippen LogP contribution in [0.5, 0.6) is 0 Å². The number of halogens is 1. The molecule has 2 heterocycles. The van der Waals surface area contributed by atoms with Crippen LogP contribution in [0.2, 0.25) is 0 Å². The van der Waals surface area contributed by atoms with Gasteiger partial charge in [0.25, 0.3) is 0 Å². The molecule has 1 aromatic rings. The van der Waals surface area contributed by atoms with Gasteiger partial charge < -0.3 is 10.0 Å². The fraction of sp³-hybridized carbons (Fsp3) is 0.588. The number of hydrogen-bond acceptors (Lipinski definition) is 4. The van der Waals surface area contributed by atoms with Crippen molar-refractivity contribution in [2.24, 2.45) is 0 Å². The van der Waals surface area contributed by atoms with E-state index >= 15 is 0 Å². The quantitative estimate of drug-likeness (QED) is 0.926. The number of anilines is 1. The Morgan fingerprint density at radius 2 is 2.00 bits per heavy atom. The normalized spacial score (nSPS) is 25.6. The summed E-state index contributed by atoms with van der Waals surface area (Å²) in [5, 5.41) is 18.7. The SMILES string of the molecule is N#Cc1c(F)cccc1N1CCC[C@H]1CN1CCC[C@H]1CO. The third-order valence-electron chi connectivity index (χ3n) is 4.95. The van der Waals surface area contributed by atoms with Crippen LogP contribution in [0, 0.1) is 17.1 Å². The standard InChI is InChI=1S/C17H22FN3O/c18-16-6-1-7-17(15(16)10-19)21-9-3-4-13(21)11-20-8-2-5-14(20)12-22/h1,6-7,13-14,22H,2-5,8-9,11-12H2/t13-,14-/m0/s1. The van der Waals surface area contributed by atoms with E-state index in [0.717, 1.165) is 45.3 Å². The molecule has 2 aliphatic heterocycles. The lowest BCUT2D eigenvalue weighted by atomic mass is 10.1. The largest absolute Gasteiger partial charge is 0.395 e. The third-order valence-corrected chi connectivity index (χ3v) is 4.95. The summed E-state index contributed by atoms with van der Waals surface area (Å²) in [4.78, 5) is 4.52. The van der Waals surface area contributed by atoms with E-state index in [4.69, 9.17) is 0 Å². The zero-order valence-electron chi connectivity index (χ0n) is 12.7. The fourth-order valence-corrected chi connectivity index (χ4v) is 3.82. The molecule has 0 saturated carbocycles. The van der Waals surface area contributed by atoms with Gasteiger partial charge in [-0.3, -0.25) is 4.90 Å². The molecule has 0 unspecified atom stereocenters. The van der Waals surface area contributed by atoms with Gasteiger partial charge in [-0.2, -0.15) is 5.26 Å². The number of aliphatic hydroxyl groups excluding tert-OH is 1. The van der Waals surface area contributed by atoms with Gasteiger partial charge in [-0.15, -0.1) is 0 Å². The molecule has 22 heavy (non-hydrogen) atoms. The first-order chi connectivity index (χ1) is 10.7. The van der Waals surface area contributed by atoms with E-state index in [1.165, 1.54) is 6.07 Å². The van der Waals surface area contributed by atoms with Gasteiger partial charge >= 0.3 is 0 Å². The summed E-state index contributed by atoms with van der Waals surface area (Å²) < 4.78 is 13.9. The Bertz CT molecular complexity index is 572. The van der Waals surface area contributed by atoms with Gasteiger partial charge in [-0.1, -0.05) is 6.07 Å². The van der Waals surface area contributed by atoms with Gasteiger partial charge in [0.1, 0.15) is 17.4 Å². The molecule has 4 nitrogen and oxygen atoms in total. The van der Waals surface area contributed by atoms with E-state index < -0.39 is 5.82 Å². The topological polar surface area (TPSA) is 50.5 Å². The number of rotatable bonds is 4. The van der Waals surface area contributed by atoms with Gasteiger partial charge in [-0.25, -0.2) is 4.39 Å². The van der Waals surface area contributed by atoms with E-state index in [1.807, 2.05) is 12.1 Å². The number of nitriles is 1. The summed E-state index contributed by atoms with van der Waals surface area (Å²) in [5.74, 6) is -0.444. The van der Waals surface area contributed by atoms with E-state index in [9.17, 15) is 14.8 Å². The van der Waals surface area contributed by atoms with Crippen molar-refractivity contribution in [2.75, 3.05) is 31.1 Å². The molecular formula is C17H22FN3O. The average Bonchev–Trinajstić information content (AvgIpc) is 3.16. The van der Waals surface area contributed by atoms with E-state index in [1.54, 1.807) is 6.07 Å². The molecular weight excluding hydrogens is 281 g/mol. The number of likely N-dealkylation sites (tertiary alicyclic amines) is 1. The van der Waals surface area contributed by atoms with Gasteiger partial charge in [0.2, 0.25) is 0 Å². The predicted molar refractivity (Wildman–Crippen MR) is 83.2 cm³/mol. The molecule has 0 aliphatic carbocycles. The number of hydrogen-bond donors (Lipinski definition) is 1. The summed E-state index contributed by atoms with van der Waals surface area (Å²) in [7, 11) is 0. The number of aliphatic hydroxyl groups is 1. The average molecular weight is 303 g/mol. The molecule has 2 aliphatic rings. The van der Waals surface area contributed by atoms with Gasteiger partial charge in [0.15, 0.2) is 0 Å². The lowest BCUT2D eigenvalue weighted by Gasteiger charge is -2.33. The lowest BCUT2D eigenvalue weighted by molar-refractivity contribution is 0.153. The zero-order chi connectivity index (χ0) is 15.5. The predicted octanol–water partition coefficient (Wildman–Crippen LogP) is 2.12. The van der Waals surface area contributed by atoms with Crippen LogP contribution in [0.4, 0.5) is 10.1 Å². The van der Waals surface area contributed by atoms with Crippen LogP contribution in [0.1, 0.15) is 31.2 Å². The Balaban J connectivity index is 1.79. The highest BCUT2D eigenvalue weighted by Gasteiger charge is 2.32. The zero-order valence-corrected chi connectivity index (χ0v) is 12.7. The molecule has 2 atom stereocenters. The van der Waals surface area contributed by atoms with Crippen molar-refractivity contribution in [1.82, 2.24) is 4.90 Å². The van der Waals surface area contributed by atoms with E-state index in [0.29, 0.717) is 11.7 Å². The minimum Gasteiger partial charge on any atom is -0.395 e. The molecule has 0 bridgehead atoms. The first-order valence-corrected chi connectivity index (χ1v) is 8.04. The van der Waals surface area contributed by atoms with Crippen molar-refractivity contribution in [3.8, 4) is 6.07 Å². The lowest BCUT2D eigenvalue weighted by Crippen LogP contribution is -2.43. The maximum Gasteiger partial charge on any atom is 0.143 e. The highest BCUT2D eigenvalue weighted by Crippen LogP contribution is 2.31. The smallest absolute Gasteiger partial charge is 0.143 e. The van der Waals surface area contributed by atoms with Crippen molar-refractivity contribution < 1.29 is 9.50 Å². The van der Waals surface area contributed by atoms with Crippen molar-refractivity contribution >= 4 is 5.69 Å². The molecule has 0 amide bonds. The van der Waals surface area contributed by atoms with Crippen molar-refractivity contribution in [3.05, 3.63) is 29.6 Å². The second kappa shape index (κ2) is 6.64. The molecule has 1 aromatic carbocycles. The molecule has 5 heteroatoms. The summed E-state index contributed by atoms with van der Waals surface area (Å²) >= 11 is 0. The Morgan fingerprint density at radius 3 is 2.77 bits per heavy atom. The molecule has 1 N–H and O–H groups in total. The van der Waals surface area contributed by atoms with Crippen LogP contribution >= 0.6 is 0 Å². The second-order valence-corrected chi connectivity index (χ2v) is 6.21. The molecule has 3 rings (SSSR count). The highest BCUT2D eigenvalue weighted by atomic mass is 19.1. The van der Waals surface area contributed by atoms with Crippen LogP contribution in [0.15, 0.2) is 18.2 Å². The second-order valence-electron chi connectivity index (χ2n) is 6.21. The summed E-state index contributed by atoms with van der Waals surface area (Å²) in [6.45, 7) is 2.97. The molecule has 118 valence electrons. The van der Waals surface area contributed by atoms with Crippen molar-refractivity contribution in [2.45, 2.75) is 37.8 Å². The molecule has 2 fully saturated rings. The minimum absolute atomic E-state index is 0.148. The first kappa shape index (κ1) is 15.3. The van der Waals surface area contributed by atoms with Gasteiger partial charge in [0.05, 0.1) is 12.3 Å². The molecule has 0 aromatic heterocycles. The van der Waals surface area contributed by atoms with Crippen LogP contribution < -0.4 is 4.90 Å². The van der Waals surface area contributed by atoms with Crippen LogP contribution in [-0.2, 0) is 0 Å². The van der Waals surface area contributed by atoms with E-state index in [-0.39, 0.29) is 18.2 Å². The van der Waals surface area contributed by atoms with Crippen LogP contribution in [-0.4, -0.2) is 48.3 Å². The Morgan fingerprint density at radius 1 is 1.23 bits per heavy atom. The monoisotopic (exact) mass is 303 g/mol. The summed E-state index contributed by atoms with van der Waals surface area (Å²) in [6, 6.07) is 7.41. The third kappa shape index (κ3) is 2.81. The Kier molecular flexibility index (Phi) is 4.60. The number of benzene rings is 1. The molecule has 2 saturated heterocycles.